The Labute approximate surface area is 95.6 Å². The van der Waals surface area contributed by atoms with Gasteiger partial charge in [0.25, 0.3) is 0 Å². The fourth-order valence-electron chi connectivity index (χ4n) is 1.94. The van der Waals surface area contributed by atoms with E-state index in [9.17, 15) is 9.59 Å². The molecule has 1 fully saturated rings. The number of aliphatic carboxylic acids is 1. The molecule has 5 heteroatoms. The molecule has 3 N–H and O–H groups in total. The van der Waals surface area contributed by atoms with Gasteiger partial charge in [0.05, 0.1) is 12.5 Å². The number of amides is 1. The molecule has 1 saturated heterocycles. The summed E-state index contributed by atoms with van der Waals surface area (Å²) in [5.74, 6) is -0.968. The third-order valence-corrected chi connectivity index (χ3v) is 2.92. The molecule has 0 aromatic carbocycles. The monoisotopic (exact) mass is 228 g/mol. The van der Waals surface area contributed by atoms with Crippen molar-refractivity contribution in [3.63, 3.8) is 0 Å². The molecule has 1 aliphatic heterocycles. The van der Waals surface area contributed by atoms with Gasteiger partial charge in [-0.25, -0.2) is 0 Å². The summed E-state index contributed by atoms with van der Waals surface area (Å²) in [5.41, 5.74) is 5.78. The van der Waals surface area contributed by atoms with Gasteiger partial charge in [-0.05, 0) is 12.8 Å². The van der Waals surface area contributed by atoms with E-state index in [2.05, 4.69) is 0 Å². The molecule has 5 nitrogen and oxygen atoms in total. The van der Waals surface area contributed by atoms with Gasteiger partial charge in [0, 0.05) is 13.1 Å². The van der Waals surface area contributed by atoms with Crippen LogP contribution in [0.2, 0.25) is 0 Å². The first-order valence-electron chi connectivity index (χ1n) is 5.87. The summed E-state index contributed by atoms with van der Waals surface area (Å²) in [4.78, 5) is 24.0. The van der Waals surface area contributed by atoms with E-state index in [0.717, 1.165) is 25.7 Å². The second-order valence-electron chi connectivity index (χ2n) is 4.28. The van der Waals surface area contributed by atoms with E-state index in [1.165, 1.54) is 0 Å². The second-order valence-corrected chi connectivity index (χ2v) is 4.28. The molecule has 1 heterocycles. The maximum atomic E-state index is 11.9. The minimum atomic E-state index is -0.874. The predicted octanol–water partition coefficient (Wildman–Crippen LogP) is 0.581. The van der Waals surface area contributed by atoms with Crippen molar-refractivity contribution in [3.8, 4) is 0 Å². The number of hydrogen-bond donors (Lipinski definition) is 2. The third-order valence-electron chi connectivity index (χ3n) is 2.92. The molecule has 92 valence electrons. The fourth-order valence-corrected chi connectivity index (χ4v) is 1.94. The highest BCUT2D eigenvalue weighted by Crippen LogP contribution is 2.12. The number of carboxylic acid groups (broad SMARTS) is 1. The third kappa shape index (κ3) is 4.18. The summed E-state index contributed by atoms with van der Waals surface area (Å²) in [7, 11) is 0. The molecule has 0 saturated carbocycles. The first-order chi connectivity index (χ1) is 7.61. The topological polar surface area (TPSA) is 83.6 Å². The number of hydrogen-bond acceptors (Lipinski definition) is 3. The molecular weight excluding hydrogens is 208 g/mol. The Morgan fingerprint density at radius 3 is 2.75 bits per heavy atom. The Bertz CT molecular complexity index is 256. The maximum Gasteiger partial charge on any atom is 0.305 e. The smallest absolute Gasteiger partial charge is 0.305 e. The van der Waals surface area contributed by atoms with Crippen LogP contribution in [-0.4, -0.2) is 41.0 Å². The highest BCUT2D eigenvalue weighted by molar-refractivity contribution is 5.82. The van der Waals surface area contributed by atoms with Gasteiger partial charge in [-0.1, -0.05) is 19.3 Å². The zero-order valence-electron chi connectivity index (χ0n) is 9.52. The van der Waals surface area contributed by atoms with Crippen LogP contribution in [0.25, 0.3) is 0 Å². The Morgan fingerprint density at radius 1 is 1.38 bits per heavy atom. The number of rotatable bonds is 3. The lowest BCUT2D eigenvalue weighted by Crippen LogP contribution is -2.44. The summed E-state index contributed by atoms with van der Waals surface area (Å²) >= 11 is 0. The number of nitrogens with zero attached hydrogens (tertiary/aromatic N) is 1. The van der Waals surface area contributed by atoms with Crippen LogP contribution in [0, 0.1) is 0 Å². The van der Waals surface area contributed by atoms with Crippen molar-refractivity contribution in [1.29, 1.82) is 0 Å². The Hall–Kier alpha value is -1.10. The largest absolute Gasteiger partial charge is 0.481 e. The molecule has 0 aromatic heterocycles. The van der Waals surface area contributed by atoms with Crippen LogP contribution >= 0.6 is 0 Å². The lowest BCUT2D eigenvalue weighted by molar-refractivity contribution is -0.138. The quantitative estimate of drug-likeness (QED) is 0.740. The standard InChI is InChI=1S/C11H20N2O3/c12-9-5-3-1-2-4-7-13(11(9)16)8-6-10(14)15/h9H,1-8,12H2,(H,14,15). The Kier molecular flexibility index (Phi) is 5.25. The fraction of sp³-hybridized carbons (Fsp3) is 0.818. The number of carboxylic acids is 1. The van der Waals surface area contributed by atoms with Crippen molar-refractivity contribution in [2.24, 2.45) is 5.73 Å². The molecule has 1 amide bonds. The van der Waals surface area contributed by atoms with Crippen LogP contribution in [-0.2, 0) is 9.59 Å². The highest BCUT2D eigenvalue weighted by atomic mass is 16.4. The van der Waals surface area contributed by atoms with Gasteiger partial charge in [0.15, 0.2) is 0 Å². The molecule has 0 bridgehead atoms. The van der Waals surface area contributed by atoms with Gasteiger partial charge < -0.3 is 15.7 Å². The molecule has 16 heavy (non-hydrogen) atoms. The Balaban J connectivity index is 2.54. The Morgan fingerprint density at radius 2 is 2.06 bits per heavy atom. The zero-order valence-corrected chi connectivity index (χ0v) is 9.52. The van der Waals surface area contributed by atoms with Crippen LogP contribution < -0.4 is 5.73 Å². The van der Waals surface area contributed by atoms with Crippen molar-refractivity contribution >= 4 is 11.9 Å². The van der Waals surface area contributed by atoms with Gasteiger partial charge in [-0.2, -0.15) is 0 Å². The van der Waals surface area contributed by atoms with Crippen molar-refractivity contribution in [1.82, 2.24) is 4.90 Å². The van der Waals surface area contributed by atoms with E-state index >= 15 is 0 Å². The van der Waals surface area contributed by atoms with Gasteiger partial charge in [-0.3, -0.25) is 9.59 Å². The molecule has 1 unspecified atom stereocenters. The van der Waals surface area contributed by atoms with Gasteiger partial charge in [0.1, 0.15) is 0 Å². The van der Waals surface area contributed by atoms with Crippen molar-refractivity contribution < 1.29 is 14.7 Å². The zero-order chi connectivity index (χ0) is 12.0. The summed E-state index contributed by atoms with van der Waals surface area (Å²) in [6, 6.07) is -0.452. The number of carbonyl (C=O) groups excluding carboxylic acids is 1. The van der Waals surface area contributed by atoms with Crippen LogP contribution in [0.1, 0.15) is 38.5 Å². The lowest BCUT2D eigenvalue weighted by atomic mass is 10.1. The molecule has 0 radical (unpaired) electrons. The van der Waals surface area contributed by atoms with E-state index in [0.29, 0.717) is 13.0 Å². The number of nitrogens with two attached hydrogens (primary N) is 1. The molecule has 0 aromatic rings. The van der Waals surface area contributed by atoms with E-state index < -0.39 is 12.0 Å². The molecule has 0 spiro atoms. The summed E-state index contributed by atoms with van der Waals surface area (Å²) in [5, 5.41) is 8.61. The average Bonchev–Trinajstić information content (AvgIpc) is 2.31. The molecule has 1 rings (SSSR count). The lowest BCUT2D eigenvalue weighted by Gasteiger charge is -2.24. The summed E-state index contributed by atoms with van der Waals surface area (Å²) < 4.78 is 0. The maximum absolute atomic E-state index is 11.9. The highest BCUT2D eigenvalue weighted by Gasteiger charge is 2.22. The van der Waals surface area contributed by atoms with Crippen LogP contribution in [0.15, 0.2) is 0 Å². The van der Waals surface area contributed by atoms with E-state index in [-0.39, 0.29) is 18.9 Å². The van der Waals surface area contributed by atoms with Gasteiger partial charge in [-0.15, -0.1) is 0 Å². The van der Waals surface area contributed by atoms with Crippen molar-refractivity contribution in [3.05, 3.63) is 0 Å². The van der Waals surface area contributed by atoms with Crippen molar-refractivity contribution in [2.75, 3.05) is 13.1 Å². The molecule has 1 aliphatic rings. The SMILES string of the molecule is NC1CCCCCCN(CCC(=O)O)C1=O. The normalized spacial score (nSPS) is 23.4. The van der Waals surface area contributed by atoms with Crippen LogP contribution in [0.4, 0.5) is 0 Å². The minimum Gasteiger partial charge on any atom is -0.481 e. The summed E-state index contributed by atoms with van der Waals surface area (Å²) in [6.45, 7) is 0.918. The first-order valence-corrected chi connectivity index (χ1v) is 5.87. The summed E-state index contributed by atoms with van der Waals surface area (Å²) in [6.07, 6.45) is 4.83. The van der Waals surface area contributed by atoms with Gasteiger partial charge >= 0.3 is 5.97 Å². The number of carbonyl (C=O) groups is 2. The van der Waals surface area contributed by atoms with E-state index in [4.69, 9.17) is 10.8 Å². The van der Waals surface area contributed by atoms with E-state index in [1.54, 1.807) is 4.90 Å². The average molecular weight is 228 g/mol. The van der Waals surface area contributed by atoms with Crippen LogP contribution in [0.3, 0.4) is 0 Å². The van der Waals surface area contributed by atoms with Gasteiger partial charge in [0.2, 0.25) is 5.91 Å². The minimum absolute atomic E-state index is 0.00153. The van der Waals surface area contributed by atoms with Crippen molar-refractivity contribution in [2.45, 2.75) is 44.6 Å². The molecule has 1 atom stereocenters. The van der Waals surface area contributed by atoms with Crippen LogP contribution in [0.5, 0.6) is 0 Å². The second kappa shape index (κ2) is 6.48. The van der Waals surface area contributed by atoms with E-state index in [1.807, 2.05) is 0 Å². The molecule has 0 aliphatic carbocycles. The molecular formula is C11H20N2O3. The first kappa shape index (κ1) is 13.0. The predicted molar refractivity (Wildman–Crippen MR) is 59.9 cm³/mol.